The van der Waals surface area contributed by atoms with Gasteiger partial charge in [-0.15, -0.1) is 0 Å². The van der Waals surface area contributed by atoms with Crippen molar-refractivity contribution in [1.82, 2.24) is 10.2 Å². The molecular weight excluding hydrogens is 511 g/mol. The maximum Gasteiger partial charge on any atom is 0.250 e. The van der Waals surface area contributed by atoms with Crippen molar-refractivity contribution in [1.29, 1.82) is 0 Å². The lowest BCUT2D eigenvalue weighted by atomic mass is 9.88. The zero-order valence-corrected chi connectivity index (χ0v) is 20.5. The Morgan fingerprint density at radius 3 is 2.58 bits per heavy atom. The number of hydrogen-bond donors (Lipinski definition) is 2. The van der Waals surface area contributed by atoms with Crippen LogP contribution in [0.4, 0.5) is 8.78 Å². The molecule has 1 aliphatic carbocycles. The summed E-state index contributed by atoms with van der Waals surface area (Å²) in [7, 11) is 0. The summed E-state index contributed by atoms with van der Waals surface area (Å²) in [6.45, 7) is -0.291. The summed E-state index contributed by atoms with van der Waals surface area (Å²) >= 11 is 12.2. The van der Waals surface area contributed by atoms with Crippen LogP contribution in [0.15, 0.2) is 72.5 Å². The fraction of sp³-hybridized carbons (Fsp3) is 0.269. The van der Waals surface area contributed by atoms with E-state index < -0.39 is 41.0 Å². The van der Waals surface area contributed by atoms with Crippen LogP contribution in [0, 0.1) is 0 Å². The Kier molecular flexibility index (Phi) is 7.47. The zero-order chi connectivity index (χ0) is 26.0. The summed E-state index contributed by atoms with van der Waals surface area (Å²) in [5.41, 5.74) is 6.20. The lowest BCUT2D eigenvalue weighted by Gasteiger charge is -2.32. The number of allylic oxidation sites excluding steroid dienone is 4. The first-order valence-corrected chi connectivity index (χ1v) is 12.0. The summed E-state index contributed by atoms with van der Waals surface area (Å²) in [4.78, 5) is 38.8. The number of primary amides is 1. The number of carbonyl (C=O) groups is 3. The molecule has 1 saturated heterocycles. The molecular formula is C26H23Cl2F2N3O3. The molecule has 4 atom stereocenters. The van der Waals surface area contributed by atoms with E-state index >= 15 is 4.39 Å². The van der Waals surface area contributed by atoms with Crippen LogP contribution in [0.25, 0.3) is 0 Å². The first-order valence-electron chi connectivity index (χ1n) is 11.2. The van der Waals surface area contributed by atoms with E-state index in [2.05, 4.69) is 5.32 Å². The summed E-state index contributed by atoms with van der Waals surface area (Å²) in [5.74, 6) is -2.89. The van der Waals surface area contributed by atoms with Crippen molar-refractivity contribution in [2.24, 2.45) is 5.73 Å². The second-order valence-corrected chi connectivity index (χ2v) is 9.67. The van der Waals surface area contributed by atoms with E-state index in [1.807, 2.05) is 0 Å². The number of halogens is 4. The molecule has 6 nitrogen and oxygen atoms in total. The molecule has 2 aromatic rings. The monoisotopic (exact) mass is 533 g/mol. The van der Waals surface area contributed by atoms with E-state index in [4.69, 9.17) is 28.9 Å². The predicted octanol–water partition coefficient (Wildman–Crippen LogP) is 4.18. The number of nitrogens with one attached hydrogen (secondary N) is 1. The number of likely N-dealkylation sites (tertiary alicyclic amines) is 1. The van der Waals surface area contributed by atoms with Gasteiger partial charge < -0.3 is 16.0 Å². The van der Waals surface area contributed by atoms with Crippen LogP contribution >= 0.6 is 23.2 Å². The fourth-order valence-corrected chi connectivity index (χ4v) is 4.96. The molecule has 1 heterocycles. The Labute approximate surface area is 216 Å². The maximum atomic E-state index is 15.7. The lowest BCUT2D eigenvalue weighted by molar-refractivity contribution is -0.137. The molecule has 1 fully saturated rings. The van der Waals surface area contributed by atoms with Crippen LogP contribution in [-0.4, -0.2) is 46.5 Å². The summed E-state index contributed by atoms with van der Waals surface area (Å²) in [6.07, 6.45) is 2.64. The maximum absolute atomic E-state index is 15.7. The molecule has 2 aromatic carbocycles. The topological polar surface area (TPSA) is 92.5 Å². The molecule has 2 aliphatic rings. The number of hydrogen-bond acceptors (Lipinski definition) is 3. The first kappa shape index (κ1) is 25.9. The fourth-order valence-electron chi connectivity index (χ4n) is 4.44. The summed E-state index contributed by atoms with van der Waals surface area (Å²) in [6, 6.07) is 11.9. The first-order chi connectivity index (χ1) is 17.1. The van der Waals surface area contributed by atoms with E-state index in [0.29, 0.717) is 11.1 Å². The van der Waals surface area contributed by atoms with Crippen LogP contribution in [-0.2, 0) is 16.0 Å². The number of carbonyl (C=O) groups excluding carboxylic acids is 3. The van der Waals surface area contributed by atoms with Crippen molar-refractivity contribution in [3.8, 4) is 0 Å². The minimum Gasteiger partial charge on any atom is -0.366 e. The largest absolute Gasteiger partial charge is 0.366 e. The highest BCUT2D eigenvalue weighted by Gasteiger charge is 2.45. The molecule has 36 heavy (non-hydrogen) atoms. The number of benzene rings is 2. The van der Waals surface area contributed by atoms with Gasteiger partial charge in [0.05, 0.1) is 35.2 Å². The number of rotatable bonds is 6. The lowest BCUT2D eigenvalue weighted by Crippen LogP contribution is -2.48. The van der Waals surface area contributed by atoms with Gasteiger partial charge in [0.15, 0.2) is 0 Å². The third kappa shape index (κ3) is 5.29. The van der Waals surface area contributed by atoms with Gasteiger partial charge in [0.25, 0.3) is 0 Å². The number of alkyl halides is 3. The second-order valence-electron chi connectivity index (χ2n) is 8.72. The SMILES string of the molecule is NC(=O)c1cc(CC(=O)N2C[C@H](F)C[C@H]2C(=O)NC2=CC=CC(c3ccccc3)C2(F)Cl)ccc1Cl. The Balaban J connectivity index is 1.49. The van der Waals surface area contributed by atoms with Crippen LogP contribution in [0.5, 0.6) is 0 Å². The van der Waals surface area contributed by atoms with E-state index in [0.717, 1.165) is 4.90 Å². The van der Waals surface area contributed by atoms with Gasteiger partial charge in [-0.25, -0.2) is 8.78 Å². The normalized spacial score (nSPS) is 25.4. The van der Waals surface area contributed by atoms with Crippen molar-refractivity contribution >= 4 is 40.9 Å². The van der Waals surface area contributed by atoms with Gasteiger partial charge in [0.1, 0.15) is 12.2 Å². The molecule has 0 bridgehead atoms. The van der Waals surface area contributed by atoms with Crippen molar-refractivity contribution < 1.29 is 23.2 Å². The Morgan fingerprint density at radius 1 is 1.17 bits per heavy atom. The van der Waals surface area contributed by atoms with Crippen molar-refractivity contribution in [3.63, 3.8) is 0 Å². The molecule has 0 spiro atoms. The van der Waals surface area contributed by atoms with Crippen LogP contribution in [0.3, 0.4) is 0 Å². The average molecular weight is 534 g/mol. The molecule has 0 saturated carbocycles. The van der Waals surface area contributed by atoms with E-state index in [1.165, 1.54) is 18.2 Å². The van der Waals surface area contributed by atoms with Gasteiger partial charge in [-0.05, 0) is 29.3 Å². The molecule has 0 aromatic heterocycles. The standard InChI is InChI=1S/C26H23Cl2F2N3O3/c27-20-10-9-15(11-18(20)24(31)35)12-23(34)33-14-17(29)13-21(33)25(36)32-22-8-4-7-19(26(22,28)30)16-5-2-1-3-6-16/h1-11,17,19,21H,12-14H2,(H2,31,35)(H,32,36)/t17-,19?,21+,26?/m1/s1. The quantitative estimate of drug-likeness (QED) is 0.545. The Morgan fingerprint density at radius 2 is 1.89 bits per heavy atom. The minimum absolute atomic E-state index is 0.0488. The van der Waals surface area contributed by atoms with Gasteiger partial charge >= 0.3 is 0 Å². The highest BCUT2D eigenvalue weighted by atomic mass is 35.5. The predicted molar refractivity (Wildman–Crippen MR) is 133 cm³/mol. The van der Waals surface area contributed by atoms with Crippen molar-refractivity contribution in [2.75, 3.05) is 6.54 Å². The van der Waals surface area contributed by atoms with Gasteiger partial charge in [-0.1, -0.05) is 71.8 Å². The summed E-state index contributed by atoms with van der Waals surface area (Å²) in [5, 5.41) is 0.160. The molecule has 3 amide bonds. The molecule has 4 rings (SSSR count). The van der Waals surface area contributed by atoms with Crippen molar-refractivity contribution in [2.45, 2.75) is 36.1 Å². The van der Waals surface area contributed by atoms with Gasteiger partial charge in [0, 0.05) is 6.42 Å². The highest BCUT2D eigenvalue weighted by Crippen LogP contribution is 2.43. The third-order valence-corrected chi connectivity index (χ3v) is 7.03. The smallest absolute Gasteiger partial charge is 0.250 e. The molecule has 188 valence electrons. The zero-order valence-electron chi connectivity index (χ0n) is 19.0. The van der Waals surface area contributed by atoms with Crippen LogP contribution in [0.2, 0.25) is 5.02 Å². The number of nitrogens with two attached hydrogens (primary N) is 1. The minimum atomic E-state index is -2.46. The van der Waals surface area contributed by atoms with Gasteiger partial charge in [-0.2, -0.15) is 0 Å². The van der Waals surface area contributed by atoms with E-state index in [-0.39, 0.29) is 35.7 Å². The molecule has 1 aliphatic heterocycles. The number of nitrogens with zero attached hydrogens (tertiary/aromatic N) is 1. The second kappa shape index (κ2) is 10.4. The molecule has 3 N–H and O–H groups in total. The Hall–Kier alpha value is -3.23. The number of amides is 3. The molecule has 10 heteroatoms. The van der Waals surface area contributed by atoms with Gasteiger partial charge in [-0.3, -0.25) is 14.4 Å². The van der Waals surface area contributed by atoms with Crippen LogP contribution in [0.1, 0.15) is 33.8 Å². The highest BCUT2D eigenvalue weighted by molar-refractivity contribution is 6.33. The molecule has 2 unspecified atom stereocenters. The van der Waals surface area contributed by atoms with Crippen LogP contribution < -0.4 is 11.1 Å². The third-order valence-electron chi connectivity index (χ3n) is 6.26. The molecule has 0 radical (unpaired) electrons. The van der Waals surface area contributed by atoms with Crippen molar-refractivity contribution in [3.05, 3.63) is 94.2 Å². The summed E-state index contributed by atoms with van der Waals surface area (Å²) < 4.78 is 30.1. The van der Waals surface area contributed by atoms with E-state index in [9.17, 15) is 18.8 Å². The average Bonchev–Trinajstić information content (AvgIpc) is 3.24. The van der Waals surface area contributed by atoms with E-state index in [1.54, 1.807) is 48.6 Å². The van der Waals surface area contributed by atoms with Gasteiger partial charge in [0.2, 0.25) is 22.8 Å². The Bertz CT molecular complexity index is 1250.